The fraction of sp³-hybridized carbons (Fsp3) is 0.200. The van der Waals surface area contributed by atoms with Gasteiger partial charge in [-0.2, -0.15) is 5.10 Å². The molecule has 0 saturated heterocycles. The molecular weight excluding hydrogens is 254 g/mol. The predicted molar refractivity (Wildman–Crippen MR) is 76.3 cm³/mol. The fourth-order valence-electron chi connectivity index (χ4n) is 1.75. The molecule has 0 atom stereocenters. The summed E-state index contributed by atoms with van der Waals surface area (Å²) in [5.74, 6) is 5.16. The first-order valence-electron chi connectivity index (χ1n) is 6.11. The first-order valence-corrected chi connectivity index (χ1v) is 6.11. The van der Waals surface area contributed by atoms with Gasteiger partial charge in [0.2, 0.25) is 0 Å². The number of rotatable bonds is 2. The maximum absolute atomic E-state index is 12.0. The number of aromatic nitrogens is 2. The van der Waals surface area contributed by atoms with Gasteiger partial charge in [0.15, 0.2) is 5.69 Å². The molecule has 0 aliphatic carbocycles. The van der Waals surface area contributed by atoms with Crippen molar-refractivity contribution in [1.82, 2.24) is 9.78 Å². The molecule has 20 heavy (non-hydrogen) atoms. The molecule has 0 bridgehead atoms. The molecule has 0 radical (unpaired) electrons. The Kier molecular flexibility index (Phi) is 4.18. The zero-order valence-corrected chi connectivity index (χ0v) is 11.3. The van der Waals surface area contributed by atoms with Crippen molar-refractivity contribution < 1.29 is 9.90 Å². The summed E-state index contributed by atoms with van der Waals surface area (Å²) in [4.78, 5) is 12.0. The van der Waals surface area contributed by atoms with E-state index >= 15 is 0 Å². The first kappa shape index (κ1) is 13.8. The van der Waals surface area contributed by atoms with Crippen molar-refractivity contribution in [3.8, 4) is 11.8 Å². The second-order valence-corrected chi connectivity index (χ2v) is 4.32. The first-order chi connectivity index (χ1) is 9.60. The molecule has 2 aromatic rings. The molecule has 2 N–H and O–H groups in total. The Morgan fingerprint density at radius 1 is 1.45 bits per heavy atom. The Hall–Kier alpha value is -2.58. The quantitative estimate of drug-likeness (QED) is 0.808. The third-order valence-electron chi connectivity index (χ3n) is 2.73. The van der Waals surface area contributed by atoms with E-state index in [1.807, 2.05) is 13.0 Å². The van der Waals surface area contributed by atoms with E-state index in [0.717, 1.165) is 16.8 Å². The molecule has 2 rings (SSSR count). The van der Waals surface area contributed by atoms with E-state index in [-0.39, 0.29) is 12.5 Å². The fourth-order valence-corrected chi connectivity index (χ4v) is 1.75. The van der Waals surface area contributed by atoms with Gasteiger partial charge in [-0.3, -0.25) is 9.48 Å². The predicted octanol–water partition coefficient (Wildman–Crippen LogP) is 1.32. The van der Waals surface area contributed by atoms with Crippen LogP contribution in [0.25, 0.3) is 0 Å². The number of anilines is 1. The molecule has 1 amide bonds. The van der Waals surface area contributed by atoms with Crippen LogP contribution in [0.1, 0.15) is 21.6 Å². The van der Waals surface area contributed by atoms with Gasteiger partial charge in [0.25, 0.3) is 5.91 Å². The van der Waals surface area contributed by atoms with Gasteiger partial charge in [-0.15, -0.1) is 0 Å². The smallest absolute Gasteiger partial charge is 0.276 e. The normalized spacial score (nSPS) is 9.75. The highest BCUT2D eigenvalue weighted by atomic mass is 16.2. The number of carbonyl (C=O) groups excluding carboxylic acids is 1. The second kappa shape index (κ2) is 6.04. The number of aliphatic hydroxyl groups excluding tert-OH is 1. The number of nitrogens with one attached hydrogen (secondary N) is 1. The van der Waals surface area contributed by atoms with Crippen LogP contribution in [0.3, 0.4) is 0 Å². The van der Waals surface area contributed by atoms with E-state index in [4.69, 9.17) is 5.11 Å². The third kappa shape index (κ3) is 3.25. The topological polar surface area (TPSA) is 67.2 Å². The van der Waals surface area contributed by atoms with E-state index in [1.54, 1.807) is 36.1 Å². The lowest BCUT2D eigenvalue weighted by molar-refractivity contribution is 0.102. The summed E-state index contributed by atoms with van der Waals surface area (Å²) in [5.41, 5.74) is 2.79. The third-order valence-corrected chi connectivity index (χ3v) is 2.73. The van der Waals surface area contributed by atoms with Crippen molar-refractivity contribution >= 4 is 11.6 Å². The monoisotopic (exact) mass is 269 g/mol. The molecule has 5 heteroatoms. The Morgan fingerprint density at radius 3 is 2.85 bits per heavy atom. The molecule has 0 unspecified atom stereocenters. The van der Waals surface area contributed by atoms with Crippen molar-refractivity contribution in [3.63, 3.8) is 0 Å². The second-order valence-electron chi connectivity index (χ2n) is 4.32. The average molecular weight is 269 g/mol. The van der Waals surface area contributed by atoms with Crippen LogP contribution in [0.4, 0.5) is 5.69 Å². The Labute approximate surface area is 117 Å². The number of aryl methyl sites for hydroxylation is 2. The number of hydrogen-bond donors (Lipinski definition) is 2. The molecule has 1 aromatic heterocycles. The molecular formula is C15H15N3O2. The summed E-state index contributed by atoms with van der Waals surface area (Å²) < 4.78 is 1.58. The summed E-state index contributed by atoms with van der Waals surface area (Å²) in [5, 5.41) is 15.5. The number of benzene rings is 1. The molecule has 0 aliphatic heterocycles. The molecule has 5 nitrogen and oxygen atoms in total. The zero-order valence-electron chi connectivity index (χ0n) is 11.3. The molecule has 0 fully saturated rings. The van der Waals surface area contributed by atoms with Crippen LogP contribution < -0.4 is 5.32 Å². The molecule has 0 spiro atoms. The van der Waals surface area contributed by atoms with Gasteiger partial charge >= 0.3 is 0 Å². The summed E-state index contributed by atoms with van der Waals surface area (Å²) in [6.07, 6.45) is 1.72. The molecule has 102 valence electrons. The number of aliphatic hydroxyl groups is 1. The summed E-state index contributed by atoms with van der Waals surface area (Å²) >= 11 is 0. The lowest BCUT2D eigenvalue weighted by Crippen LogP contribution is -2.13. The van der Waals surface area contributed by atoms with E-state index < -0.39 is 0 Å². The van der Waals surface area contributed by atoms with Gasteiger partial charge in [-0.1, -0.05) is 11.8 Å². The van der Waals surface area contributed by atoms with E-state index in [9.17, 15) is 4.79 Å². The van der Waals surface area contributed by atoms with Gasteiger partial charge in [-0.25, -0.2) is 0 Å². The largest absolute Gasteiger partial charge is 0.384 e. The Bertz CT molecular complexity index is 693. The van der Waals surface area contributed by atoms with Gasteiger partial charge in [-0.05, 0) is 36.8 Å². The lowest BCUT2D eigenvalue weighted by atomic mass is 10.1. The minimum absolute atomic E-state index is 0.169. The maximum Gasteiger partial charge on any atom is 0.276 e. The van der Waals surface area contributed by atoms with Crippen molar-refractivity contribution in [3.05, 3.63) is 47.3 Å². The molecule has 1 aromatic carbocycles. The highest BCUT2D eigenvalue weighted by Gasteiger charge is 2.10. The van der Waals surface area contributed by atoms with Gasteiger partial charge in [0.1, 0.15) is 6.61 Å². The van der Waals surface area contributed by atoms with Crippen molar-refractivity contribution in [2.75, 3.05) is 11.9 Å². The zero-order chi connectivity index (χ0) is 14.5. The number of nitrogens with zero attached hydrogens (tertiary/aromatic N) is 2. The average Bonchev–Trinajstić information content (AvgIpc) is 2.86. The van der Waals surface area contributed by atoms with Crippen LogP contribution in [-0.2, 0) is 7.05 Å². The van der Waals surface area contributed by atoms with E-state index in [2.05, 4.69) is 22.3 Å². The summed E-state index contributed by atoms with van der Waals surface area (Å²) in [6, 6.07) is 7.10. The highest BCUT2D eigenvalue weighted by molar-refractivity contribution is 6.03. The van der Waals surface area contributed by atoms with E-state index in [0.29, 0.717) is 5.69 Å². The van der Waals surface area contributed by atoms with Crippen molar-refractivity contribution in [1.29, 1.82) is 0 Å². The Balaban J connectivity index is 2.16. The number of carbonyl (C=O) groups is 1. The van der Waals surface area contributed by atoms with Crippen LogP contribution in [0, 0.1) is 18.8 Å². The SMILES string of the molecule is Cc1cc(C#CCO)ccc1NC(=O)c1ccn(C)n1. The van der Waals surface area contributed by atoms with Crippen molar-refractivity contribution in [2.24, 2.45) is 7.05 Å². The molecule has 0 aliphatic rings. The standard InChI is InChI=1S/C15H15N3O2/c1-11-10-12(4-3-9-19)5-6-13(11)16-15(20)14-7-8-18(2)17-14/h5-8,10,19H,9H2,1-2H3,(H,16,20). The highest BCUT2D eigenvalue weighted by Crippen LogP contribution is 2.16. The minimum Gasteiger partial charge on any atom is -0.384 e. The van der Waals surface area contributed by atoms with Crippen LogP contribution in [0.5, 0.6) is 0 Å². The van der Waals surface area contributed by atoms with Gasteiger partial charge in [0.05, 0.1) is 0 Å². The van der Waals surface area contributed by atoms with Crippen LogP contribution in [0.15, 0.2) is 30.5 Å². The van der Waals surface area contributed by atoms with Crippen LogP contribution in [0.2, 0.25) is 0 Å². The number of amides is 1. The maximum atomic E-state index is 12.0. The van der Waals surface area contributed by atoms with Gasteiger partial charge in [0, 0.05) is 24.5 Å². The van der Waals surface area contributed by atoms with Crippen LogP contribution >= 0.6 is 0 Å². The van der Waals surface area contributed by atoms with E-state index in [1.165, 1.54) is 0 Å². The number of hydrogen-bond acceptors (Lipinski definition) is 3. The van der Waals surface area contributed by atoms with Crippen molar-refractivity contribution in [2.45, 2.75) is 6.92 Å². The van der Waals surface area contributed by atoms with Gasteiger partial charge < -0.3 is 10.4 Å². The minimum atomic E-state index is -0.247. The Morgan fingerprint density at radius 2 is 2.25 bits per heavy atom. The summed E-state index contributed by atoms with van der Waals surface area (Å²) in [7, 11) is 1.76. The lowest BCUT2D eigenvalue weighted by Gasteiger charge is -2.07. The molecule has 1 heterocycles. The summed E-state index contributed by atoms with van der Waals surface area (Å²) in [6.45, 7) is 1.72. The molecule has 0 saturated carbocycles. The van der Waals surface area contributed by atoms with Crippen LogP contribution in [-0.4, -0.2) is 27.4 Å².